The third kappa shape index (κ3) is 3.80. The van der Waals surface area contributed by atoms with Gasteiger partial charge in [0.2, 0.25) is 0 Å². The second-order valence-corrected chi connectivity index (χ2v) is 7.69. The van der Waals surface area contributed by atoms with Crippen molar-refractivity contribution >= 4 is 21.8 Å². The summed E-state index contributed by atoms with van der Waals surface area (Å²) >= 11 is 0. The number of aromatic nitrogens is 4. The molecule has 8 heteroatoms. The lowest BCUT2D eigenvalue weighted by molar-refractivity contribution is 0.609. The topological polar surface area (TPSA) is 89.8 Å². The molecule has 1 saturated carbocycles. The Morgan fingerprint density at radius 1 is 1.08 bits per heavy atom. The van der Waals surface area contributed by atoms with Gasteiger partial charge in [0.05, 0.1) is 11.4 Å². The minimum absolute atomic E-state index is 0.342. The van der Waals surface area contributed by atoms with Gasteiger partial charge >= 0.3 is 0 Å². The van der Waals surface area contributed by atoms with Crippen LogP contribution in [0.4, 0.5) is 5.69 Å². The molecule has 0 amide bonds. The van der Waals surface area contributed by atoms with Gasteiger partial charge in [-0.05, 0) is 47.0 Å². The minimum Gasteiger partial charge on any atom is -0.280 e. The van der Waals surface area contributed by atoms with E-state index in [1.807, 2.05) is 36.4 Å². The van der Waals surface area contributed by atoms with Crippen molar-refractivity contribution in [2.75, 3.05) is 4.72 Å². The van der Waals surface area contributed by atoms with Crippen molar-refractivity contribution in [1.82, 2.24) is 20.2 Å². The fourth-order valence-corrected chi connectivity index (χ4v) is 3.46. The molecule has 26 heavy (non-hydrogen) atoms. The highest BCUT2D eigenvalue weighted by atomic mass is 32.2. The zero-order valence-electron chi connectivity index (χ0n) is 13.9. The first-order valence-electron chi connectivity index (χ1n) is 8.25. The van der Waals surface area contributed by atoms with E-state index < -0.39 is 10.0 Å². The van der Waals surface area contributed by atoms with Crippen LogP contribution in [-0.2, 0) is 10.0 Å². The van der Waals surface area contributed by atoms with Crippen LogP contribution < -0.4 is 4.72 Å². The van der Waals surface area contributed by atoms with Gasteiger partial charge in [-0.2, -0.15) is 0 Å². The van der Waals surface area contributed by atoms with Crippen molar-refractivity contribution in [2.24, 2.45) is 0 Å². The maximum Gasteiger partial charge on any atom is 0.255 e. The molecule has 132 valence electrons. The van der Waals surface area contributed by atoms with Gasteiger partial charge in [-0.1, -0.05) is 42.5 Å². The number of rotatable bonds is 6. The summed E-state index contributed by atoms with van der Waals surface area (Å²) in [5, 5.41) is 13.0. The molecule has 1 aromatic heterocycles. The lowest BCUT2D eigenvalue weighted by Crippen LogP contribution is -2.09. The Morgan fingerprint density at radius 2 is 1.88 bits per heavy atom. The lowest BCUT2D eigenvalue weighted by atomic mass is 10.2. The molecular weight excluding hydrogens is 350 g/mol. The Morgan fingerprint density at radius 3 is 2.65 bits per heavy atom. The van der Waals surface area contributed by atoms with Crippen molar-refractivity contribution in [3.63, 3.8) is 0 Å². The van der Waals surface area contributed by atoms with Crippen LogP contribution in [0.2, 0.25) is 0 Å². The monoisotopic (exact) mass is 367 g/mol. The summed E-state index contributed by atoms with van der Waals surface area (Å²) in [6.45, 7) is 0. The summed E-state index contributed by atoms with van der Waals surface area (Å²) in [5.41, 5.74) is 2.05. The molecule has 4 rings (SSSR count). The summed E-state index contributed by atoms with van der Waals surface area (Å²) in [6, 6.07) is 16.7. The molecule has 2 aromatic carbocycles. The Kier molecular flexibility index (Phi) is 4.26. The van der Waals surface area contributed by atoms with Gasteiger partial charge in [-0.15, -0.1) is 5.10 Å². The Hall–Kier alpha value is -3.00. The molecule has 3 aromatic rings. The molecule has 7 nitrogen and oxygen atoms in total. The average Bonchev–Trinajstić information content (AvgIpc) is 3.37. The second-order valence-electron chi connectivity index (χ2n) is 6.12. The van der Waals surface area contributed by atoms with Crippen LogP contribution >= 0.6 is 0 Å². The zero-order chi connectivity index (χ0) is 18.0. The van der Waals surface area contributed by atoms with Crippen molar-refractivity contribution < 1.29 is 8.42 Å². The summed E-state index contributed by atoms with van der Waals surface area (Å²) < 4.78 is 29.0. The van der Waals surface area contributed by atoms with Crippen LogP contribution in [0.5, 0.6) is 0 Å². The fraction of sp³-hybridized carbons (Fsp3) is 0.167. The van der Waals surface area contributed by atoms with E-state index in [1.165, 1.54) is 0 Å². The van der Waals surface area contributed by atoms with Crippen LogP contribution in [0.3, 0.4) is 0 Å². The maximum atomic E-state index is 12.3. The molecule has 0 unspecified atom stereocenters. The Labute approximate surface area is 151 Å². The van der Waals surface area contributed by atoms with E-state index in [9.17, 15) is 8.42 Å². The van der Waals surface area contributed by atoms with Crippen molar-refractivity contribution in [3.8, 4) is 11.4 Å². The highest BCUT2D eigenvalue weighted by Gasteiger charge is 2.28. The van der Waals surface area contributed by atoms with Gasteiger partial charge < -0.3 is 0 Å². The number of hydrogen-bond acceptors (Lipinski definition) is 5. The lowest BCUT2D eigenvalue weighted by Gasteiger charge is -2.07. The third-order valence-corrected chi connectivity index (χ3v) is 5.02. The second kappa shape index (κ2) is 6.72. The smallest absolute Gasteiger partial charge is 0.255 e. The normalized spacial score (nSPS) is 14.6. The molecule has 0 spiro atoms. The van der Waals surface area contributed by atoms with Crippen LogP contribution in [-0.4, -0.2) is 28.6 Å². The van der Waals surface area contributed by atoms with E-state index in [2.05, 4.69) is 20.2 Å². The molecule has 0 aliphatic heterocycles. The van der Waals surface area contributed by atoms with Gasteiger partial charge in [0.15, 0.2) is 5.82 Å². The number of tetrazole rings is 1. The van der Waals surface area contributed by atoms with Crippen LogP contribution in [0.25, 0.3) is 17.5 Å². The largest absolute Gasteiger partial charge is 0.280 e. The first kappa shape index (κ1) is 16.5. The summed E-state index contributed by atoms with van der Waals surface area (Å²) in [7, 11) is -3.62. The van der Waals surface area contributed by atoms with Crippen molar-refractivity contribution in [1.29, 1.82) is 0 Å². The van der Waals surface area contributed by atoms with E-state index in [0.29, 0.717) is 17.6 Å². The highest BCUT2D eigenvalue weighted by Crippen LogP contribution is 2.36. The number of hydrogen-bond donors (Lipinski definition) is 1. The number of anilines is 1. The number of nitrogens with one attached hydrogen (secondary N) is 1. The zero-order valence-corrected chi connectivity index (χ0v) is 14.7. The Bertz CT molecular complexity index is 1040. The fourth-order valence-electron chi connectivity index (χ4n) is 2.60. The van der Waals surface area contributed by atoms with E-state index in [4.69, 9.17) is 0 Å². The SMILES string of the molecule is O=S(=O)(C=Cc1ccccc1)Nc1cccc(-c2nnnn2C2CC2)c1. The van der Waals surface area contributed by atoms with Gasteiger partial charge in [0.25, 0.3) is 10.0 Å². The molecule has 0 radical (unpaired) electrons. The molecular formula is C18H17N5O2S. The average molecular weight is 367 g/mol. The van der Waals surface area contributed by atoms with Crippen LogP contribution in [0, 0.1) is 0 Å². The third-order valence-electron chi connectivity index (χ3n) is 4.01. The molecule has 0 bridgehead atoms. The Balaban J connectivity index is 1.55. The summed E-state index contributed by atoms with van der Waals surface area (Å²) in [5.74, 6) is 0.647. The van der Waals surface area contributed by atoms with Gasteiger partial charge in [0.1, 0.15) is 0 Å². The van der Waals surface area contributed by atoms with Crippen LogP contribution in [0.15, 0.2) is 60.0 Å². The van der Waals surface area contributed by atoms with Gasteiger partial charge in [-0.25, -0.2) is 13.1 Å². The molecule has 1 fully saturated rings. The highest BCUT2D eigenvalue weighted by molar-refractivity contribution is 7.95. The molecule has 1 heterocycles. The summed E-state index contributed by atoms with van der Waals surface area (Å²) in [4.78, 5) is 0. The standard InChI is InChI=1S/C18H17N5O2S/c24-26(25,12-11-14-5-2-1-3-6-14)20-16-8-4-7-15(13-16)18-19-21-22-23(18)17-9-10-17/h1-8,11-13,17,20H,9-10H2. The van der Waals surface area contributed by atoms with Gasteiger partial charge in [0, 0.05) is 11.3 Å². The number of sulfonamides is 1. The first-order chi connectivity index (χ1) is 12.6. The minimum atomic E-state index is -3.62. The molecule has 0 saturated heterocycles. The van der Waals surface area contributed by atoms with E-state index in [1.54, 1.807) is 29.0 Å². The van der Waals surface area contributed by atoms with E-state index >= 15 is 0 Å². The quantitative estimate of drug-likeness (QED) is 0.723. The predicted molar refractivity (Wildman–Crippen MR) is 99.5 cm³/mol. The molecule has 1 aliphatic carbocycles. The first-order valence-corrected chi connectivity index (χ1v) is 9.80. The maximum absolute atomic E-state index is 12.3. The molecule has 0 atom stereocenters. The van der Waals surface area contributed by atoms with Gasteiger partial charge in [-0.3, -0.25) is 4.72 Å². The van der Waals surface area contributed by atoms with E-state index in [-0.39, 0.29) is 0 Å². The number of benzene rings is 2. The number of nitrogens with zero attached hydrogens (tertiary/aromatic N) is 4. The molecule has 1 aliphatic rings. The van der Waals surface area contributed by atoms with Crippen LogP contribution in [0.1, 0.15) is 24.4 Å². The summed E-state index contributed by atoms with van der Waals surface area (Å²) in [6.07, 6.45) is 3.68. The predicted octanol–water partition coefficient (Wildman–Crippen LogP) is 3.09. The van der Waals surface area contributed by atoms with Crippen molar-refractivity contribution in [3.05, 3.63) is 65.6 Å². The van der Waals surface area contributed by atoms with Crippen molar-refractivity contribution in [2.45, 2.75) is 18.9 Å². The molecule has 1 N–H and O–H groups in total. The van der Waals surface area contributed by atoms with E-state index in [0.717, 1.165) is 29.4 Å².